The van der Waals surface area contributed by atoms with Gasteiger partial charge in [0.05, 0.1) is 11.6 Å². The Labute approximate surface area is 137 Å². The van der Waals surface area contributed by atoms with E-state index in [0.717, 1.165) is 37.1 Å². The number of rotatable bonds is 5. The molecular weight excluding hydrogens is 312 g/mol. The number of nitrogens with one attached hydrogen (secondary N) is 1. The number of hydrogen-bond donors (Lipinski definition) is 1. The minimum absolute atomic E-state index is 0.264. The van der Waals surface area contributed by atoms with E-state index >= 15 is 0 Å². The van der Waals surface area contributed by atoms with Crippen LogP contribution in [0.25, 0.3) is 0 Å². The Balaban J connectivity index is 1.66. The molecule has 23 heavy (non-hydrogen) atoms. The van der Waals surface area contributed by atoms with Crippen molar-refractivity contribution in [2.45, 2.75) is 25.3 Å². The number of hydrogen-bond acceptors (Lipinski definition) is 4. The predicted molar refractivity (Wildman–Crippen MR) is 88.0 cm³/mol. The van der Waals surface area contributed by atoms with Crippen LogP contribution in [0.3, 0.4) is 0 Å². The maximum absolute atomic E-state index is 12.4. The zero-order valence-electron chi connectivity index (χ0n) is 13.3. The van der Waals surface area contributed by atoms with Crippen molar-refractivity contribution in [1.29, 1.82) is 5.26 Å². The first-order chi connectivity index (χ1) is 11.0. The van der Waals surface area contributed by atoms with Crippen LogP contribution < -0.4 is 4.72 Å². The van der Waals surface area contributed by atoms with Gasteiger partial charge in [-0.05, 0) is 43.0 Å². The lowest BCUT2D eigenvalue weighted by atomic mass is 10.0. The van der Waals surface area contributed by atoms with Gasteiger partial charge in [-0.25, -0.2) is 0 Å². The molecule has 0 atom stereocenters. The van der Waals surface area contributed by atoms with Gasteiger partial charge in [0.1, 0.15) is 0 Å². The minimum atomic E-state index is -3.45. The van der Waals surface area contributed by atoms with Gasteiger partial charge in [-0.3, -0.25) is 0 Å². The lowest BCUT2D eigenvalue weighted by Gasteiger charge is -2.31. The van der Waals surface area contributed by atoms with Crippen molar-refractivity contribution in [3.05, 3.63) is 34.9 Å². The molecule has 6 nitrogen and oxygen atoms in total. The molecule has 124 valence electrons. The topological polar surface area (TPSA) is 76.4 Å². The molecule has 1 aromatic rings. The minimum Gasteiger partial charge on any atom is -0.304 e. The first-order valence-corrected chi connectivity index (χ1v) is 9.40. The van der Waals surface area contributed by atoms with Gasteiger partial charge < -0.3 is 4.90 Å². The maximum Gasteiger partial charge on any atom is 0.279 e. The van der Waals surface area contributed by atoms with Crippen LogP contribution in [-0.2, 0) is 16.8 Å². The lowest BCUT2D eigenvalue weighted by Crippen LogP contribution is -2.50. The standard InChI is InChI=1S/C16H22N4O2S/c1-19-6-8-20(9-7-19)23(21,22)18-12-13-2-3-15(11-17)16(10-13)14-4-5-14/h2-3,10,14,18H,4-9,12H2,1H3. The van der Waals surface area contributed by atoms with E-state index in [1.165, 1.54) is 4.31 Å². The number of benzene rings is 1. The summed E-state index contributed by atoms with van der Waals surface area (Å²) in [6.07, 6.45) is 2.23. The van der Waals surface area contributed by atoms with E-state index in [1.54, 1.807) is 6.07 Å². The summed E-state index contributed by atoms with van der Waals surface area (Å²) in [6, 6.07) is 7.82. The van der Waals surface area contributed by atoms with Crippen LogP contribution in [0.4, 0.5) is 0 Å². The lowest BCUT2D eigenvalue weighted by molar-refractivity contribution is 0.221. The smallest absolute Gasteiger partial charge is 0.279 e. The molecule has 7 heteroatoms. The van der Waals surface area contributed by atoms with Crippen molar-refractivity contribution >= 4 is 10.2 Å². The van der Waals surface area contributed by atoms with Gasteiger partial charge in [-0.2, -0.15) is 22.7 Å². The molecule has 1 aliphatic carbocycles. The highest BCUT2D eigenvalue weighted by molar-refractivity contribution is 7.87. The van der Waals surface area contributed by atoms with Gasteiger partial charge in [-0.15, -0.1) is 0 Å². The predicted octanol–water partition coefficient (Wildman–Crippen LogP) is 1.02. The van der Waals surface area contributed by atoms with Crippen molar-refractivity contribution in [2.75, 3.05) is 33.2 Å². The average Bonchev–Trinajstić information content (AvgIpc) is 3.38. The molecule has 1 saturated heterocycles. The molecule has 0 bridgehead atoms. The Morgan fingerprint density at radius 2 is 1.96 bits per heavy atom. The van der Waals surface area contributed by atoms with Crippen LogP contribution in [0.15, 0.2) is 18.2 Å². The van der Waals surface area contributed by atoms with E-state index in [0.29, 0.717) is 24.6 Å². The van der Waals surface area contributed by atoms with Crippen LogP contribution in [0, 0.1) is 11.3 Å². The van der Waals surface area contributed by atoms with E-state index in [4.69, 9.17) is 5.26 Å². The van der Waals surface area contributed by atoms with Crippen LogP contribution in [0.2, 0.25) is 0 Å². The highest BCUT2D eigenvalue weighted by Gasteiger charge is 2.27. The van der Waals surface area contributed by atoms with Crippen LogP contribution in [-0.4, -0.2) is 50.8 Å². The molecule has 1 saturated carbocycles. The van der Waals surface area contributed by atoms with Crippen LogP contribution in [0.5, 0.6) is 0 Å². The second-order valence-electron chi connectivity index (χ2n) is 6.34. The van der Waals surface area contributed by atoms with Gasteiger partial charge in [-0.1, -0.05) is 12.1 Å². The Kier molecular flexibility index (Phi) is 4.69. The fourth-order valence-electron chi connectivity index (χ4n) is 2.85. The first-order valence-electron chi connectivity index (χ1n) is 7.96. The van der Waals surface area contributed by atoms with Gasteiger partial charge in [0, 0.05) is 32.7 Å². The third-order valence-corrected chi connectivity index (χ3v) is 6.07. The Hall–Kier alpha value is -1.46. The van der Waals surface area contributed by atoms with Crippen molar-refractivity contribution in [3.8, 4) is 6.07 Å². The molecule has 0 amide bonds. The van der Waals surface area contributed by atoms with E-state index in [2.05, 4.69) is 15.7 Å². The summed E-state index contributed by atoms with van der Waals surface area (Å²) in [5.74, 6) is 0.471. The Morgan fingerprint density at radius 3 is 2.57 bits per heavy atom. The molecule has 1 aliphatic heterocycles. The molecule has 0 unspecified atom stereocenters. The average molecular weight is 334 g/mol. The third-order valence-electron chi connectivity index (χ3n) is 4.51. The van der Waals surface area contributed by atoms with Gasteiger partial charge in [0.15, 0.2) is 0 Å². The van der Waals surface area contributed by atoms with Crippen LogP contribution in [0.1, 0.15) is 35.4 Å². The fraction of sp³-hybridized carbons (Fsp3) is 0.562. The van der Waals surface area contributed by atoms with E-state index in [9.17, 15) is 8.42 Å². The Bertz CT molecular complexity index is 714. The first kappa shape index (κ1) is 16.4. The second-order valence-corrected chi connectivity index (χ2v) is 8.09. The van der Waals surface area contributed by atoms with E-state index in [-0.39, 0.29) is 6.54 Å². The quantitative estimate of drug-likeness (QED) is 0.872. The fourth-order valence-corrected chi connectivity index (χ4v) is 4.03. The molecule has 0 spiro atoms. The molecule has 1 aromatic carbocycles. The summed E-state index contributed by atoms with van der Waals surface area (Å²) in [7, 11) is -1.45. The van der Waals surface area contributed by atoms with Crippen LogP contribution >= 0.6 is 0 Å². The van der Waals surface area contributed by atoms with E-state index < -0.39 is 10.2 Å². The second kappa shape index (κ2) is 6.57. The maximum atomic E-state index is 12.4. The zero-order valence-corrected chi connectivity index (χ0v) is 14.1. The van der Waals surface area contributed by atoms with Gasteiger partial charge in [0.25, 0.3) is 10.2 Å². The summed E-state index contributed by atoms with van der Waals surface area (Å²) in [6.45, 7) is 2.81. The molecule has 2 aliphatic rings. The molecule has 3 rings (SSSR count). The van der Waals surface area contributed by atoms with Crippen molar-refractivity contribution in [2.24, 2.45) is 0 Å². The summed E-state index contributed by atoms with van der Waals surface area (Å²) in [5.41, 5.74) is 2.67. The monoisotopic (exact) mass is 334 g/mol. The number of nitrogens with zero attached hydrogens (tertiary/aromatic N) is 3. The molecule has 1 heterocycles. The summed E-state index contributed by atoms with van der Waals surface area (Å²) < 4.78 is 28.9. The van der Waals surface area contributed by atoms with Crippen molar-refractivity contribution < 1.29 is 8.42 Å². The van der Waals surface area contributed by atoms with Crippen molar-refractivity contribution in [3.63, 3.8) is 0 Å². The molecule has 1 N–H and O–H groups in total. The highest BCUT2D eigenvalue weighted by Crippen LogP contribution is 2.41. The van der Waals surface area contributed by atoms with Gasteiger partial charge in [0.2, 0.25) is 0 Å². The number of likely N-dealkylation sites (N-methyl/N-ethyl adjacent to an activating group) is 1. The Morgan fingerprint density at radius 1 is 1.26 bits per heavy atom. The van der Waals surface area contributed by atoms with Gasteiger partial charge >= 0.3 is 0 Å². The molecule has 2 fully saturated rings. The summed E-state index contributed by atoms with van der Waals surface area (Å²) in [5, 5.41) is 9.16. The summed E-state index contributed by atoms with van der Waals surface area (Å²) in [4.78, 5) is 2.12. The van der Waals surface area contributed by atoms with Crippen molar-refractivity contribution in [1.82, 2.24) is 13.9 Å². The normalized spacial score (nSPS) is 20.3. The summed E-state index contributed by atoms with van der Waals surface area (Å²) >= 11 is 0. The van der Waals surface area contributed by atoms with E-state index in [1.807, 2.05) is 19.2 Å². The SMILES string of the molecule is CN1CCN(S(=O)(=O)NCc2ccc(C#N)c(C3CC3)c2)CC1. The number of piperazine rings is 1. The number of nitriles is 1. The molecular formula is C16H22N4O2S. The third kappa shape index (κ3) is 3.90. The highest BCUT2D eigenvalue weighted by atomic mass is 32.2. The zero-order chi connectivity index (χ0) is 16.4. The largest absolute Gasteiger partial charge is 0.304 e. The molecule has 0 radical (unpaired) electrons. The molecule has 0 aromatic heterocycles.